The summed E-state index contributed by atoms with van der Waals surface area (Å²) >= 11 is 1.67. The van der Waals surface area contributed by atoms with Gasteiger partial charge in [0.05, 0.1) is 23.4 Å². The molecule has 2 aromatic heterocycles. The lowest BCUT2D eigenvalue weighted by Crippen LogP contribution is -2.18. The second kappa shape index (κ2) is 5.30. The average molecular weight is 278 g/mol. The van der Waals surface area contributed by atoms with Gasteiger partial charge >= 0.3 is 0 Å². The van der Waals surface area contributed by atoms with Crippen molar-refractivity contribution >= 4 is 17.4 Å². The lowest BCUT2D eigenvalue weighted by molar-refractivity contribution is 0.543. The molecule has 6 heteroatoms. The maximum absolute atomic E-state index is 5.53. The fourth-order valence-electron chi connectivity index (χ4n) is 1.85. The van der Waals surface area contributed by atoms with Crippen LogP contribution in [0.15, 0.2) is 16.2 Å². The van der Waals surface area contributed by atoms with E-state index >= 15 is 0 Å². The van der Waals surface area contributed by atoms with Crippen molar-refractivity contribution in [1.29, 1.82) is 0 Å². The smallest absolute Gasteiger partial charge is 0.297 e. The van der Waals surface area contributed by atoms with Crippen LogP contribution in [0.1, 0.15) is 29.1 Å². The van der Waals surface area contributed by atoms with Crippen molar-refractivity contribution in [3.8, 4) is 0 Å². The number of aromatic nitrogens is 2. The van der Waals surface area contributed by atoms with Gasteiger partial charge in [0, 0.05) is 24.5 Å². The molecule has 0 bridgehead atoms. The topological polar surface area (TPSA) is 54.2 Å². The first-order chi connectivity index (χ1) is 9.22. The number of rotatable bonds is 6. The van der Waals surface area contributed by atoms with Gasteiger partial charge in [0.15, 0.2) is 0 Å². The molecule has 0 aromatic carbocycles. The maximum atomic E-state index is 5.53. The van der Waals surface area contributed by atoms with Crippen LogP contribution in [0.2, 0.25) is 0 Å². The Hall–Kier alpha value is -1.40. The molecule has 1 N–H and O–H groups in total. The molecule has 1 fully saturated rings. The van der Waals surface area contributed by atoms with Crippen molar-refractivity contribution in [1.82, 2.24) is 15.3 Å². The molecule has 5 nitrogen and oxygen atoms in total. The number of thiazole rings is 1. The van der Waals surface area contributed by atoms with Gasteiger partial charge in [0.2, 0.25) is 0 Å². The standard InChI is InChI=1S/C13H18N4OS/c1-9-12(19-8-15-9)6-17(2)13-16-11(7-18-13)5-14-10-3-4-10/h7-8,10,14H,3-6H2,1-2H3. The van der Waals surface area contributed by atoms with Crippen molar-refractivity contribution in [2.45, 2.75) is 38.9 Å². The van der Waals surface area contributed by atoms with Crippen molar-refractivity contribution in [3.05, 3.63) is 28.0 Å². The van der Waals surface area contributed by atoms with Gasteiger partial charge in [-0.2, -0.15) is 4.98 Å². The summed E-state index contributed by atoms with van der Waals surface area (Å²) < 4.78 is 5.53. The van der Waals surface area contributed by atoms with E-state index in [1.54, 1.807) is 17.6 Å². The van der Waals surface area contributed by atoms with E-state index in [2.05, 4.69) is 15.3 Å². The molecule has 2 heterocycles. The largest absolute Gasteiger partial charge is 0.432 e. The summed E-state index contributed by atoms with van der Waals surface area (Å²) in [6.07, 6.45) is 4.31. The van der Waals surface area contributed by atoms with Crippen molar-refractivity contribution in [2.75, 3.05) is 11.9 Å². The number of aryl methyl sites for hydroxylation is 1. The van der Waals surface area contributed by atoms with E-state index in [-0.39, 0.29) is 0 Å². The molecule has 0 atom stereocenters. The molecule has 0 radical (unpaired) electrons. The summed E-state index contributed by atoms with van der Waals surface area (Å²) in [5, 5.41) is 3.43. The molecule has 0 aliphatic heterocycles. The summed E-state index contributed by atoms with van der Waals surface area (Å²) in [5.41, 5.74) is 3.92. The van der Waals surface area contributed by atoms with Crippen LogP contribution >= 0.6 is 11.3 Å². The number of oxazole rings is 1. The first-order valence-electron chi connectivity index (χ1n) is 6.50. The Bertz CT molecular complexity index is 546. The molecule has 0 unspecified atom stereocenters. The van der Waals surface area contributed by atoms with E-state index in [0.717, 1.165) is 24.5 Å². The zero-order chi connectivity index (χ0) is 13.2. The predicted octanol–water partition coefficient (Wildman–Crippen LogP) is 2.33. The number of hydrogen-bond acceptors (Lipinski definition) is 6. The van der Waals surface area contributed by atoms with Crippen LogP contribution in [0.4, 0.5) is 6.01 Å². The molecule has 102 valence electrons. The average Bonchev–Trinajstić information content (AvgIpc) is 2.96. The Morgan fingerprint density at radius 1 is 1.53 bits per heavy atom. The number of nitrogens with zero attached hydrogens (tertiary/aromatic N) is 3. The van der Waals surface area contributed by atoms with Gasteiger partial charge in [-0.15, -0.1) is 11.3 Å². The monoisotopic (exact) mass is 278 g/mol. The van der Waals surface area contributed by atoms with Crippen LogP contribution in [-0.4, -0.2) is 23.1 Å². The molecule has 2 aromatic rings. The van der Waals surface area contributed by atoms with Crippen LogP contribution in [0.5, 0.6) is 0 Å². The molecule has 19 heavy (non-hydrogen) atoms. The molecular weight excluding hydrogens is 260 g/mol. The Balaban J connectivity index is 1.59. The minimum atomic E-state index is 0.667. The fourth-order valence-corrected chi connectivity index (χ4v) is 2.68. The molecule has 3 rings (SSSR count). The first-order valence-corrected chi connectivity index (χ1v) is 7.38. The minimum absolute atomic E-state index is 0.667. The second-order valence-electron chi connectivity index (χ2n) is 4.99. The number of hydrogen-bond donors (Lipinski definition) is 1. The zero-order valence-corrected chi connectivity index (χ0v) is 12.0. The third-order valence-corrected chi connectivity index (χ3v) is 4.16. The van der Waals surface area contributed by atoms with Crippen molar-refractivity contribution in [3.63, 3.8) is 0 Å². The van der Waals surface area contributed by atoms with E-state index in [9.17, 15) is 0 Å². The van der Waals surface area contributed by atoms with Crippen molar-refractivity contribution < 1.29 is 4.42 Å². The Morgan fingerprint density at radius 3 is 3.05 bits per heavy atom. The molecule has 0 saturated heterocycles. The quantitative estimate of drug-likeness (QED) is 0.879. The Morgan fingerprint density at radius 2 is 2.37 bits per heavy atom. The molecule has 1 saturated carbocycles. The van der Waals surface area contributed by atoms with Gasteiger partial charge in [-0.05, 0) is 19.8 Å². The van der Waals surface area contributed by atoms with Crippen LogP contribution in [0, 0.1) is 6.92 Å². The SMILES string of the molecule is Cc1ncsc1CN(C)c1nc(CNC2CC2)co1. The van der Waals surface area contributed by atoms with Crippen LogP contribution in [0.25, 0.3) is 0 Å². The van der Waals surface area contributed by atoms with Crippen LogP contribution < -0.4 is 10.2 Å². The van der Waals surface area contributed by atoms with Gasteiger partial charge in [-0.25, -0.2) is 4.98 Å². The van der Waals surface area contributed by atoms with Crippen LogP contribution in [-0.2, 0) is 13.1 Å². The van der Waals surface area contributed by atoms with Crippen LogP contribution in [0.3, 0.4) is 0 Å². The number of nitrogens with one attached hydrogen (secondary N) is 1. The van der Waals surface area contributed by atoms with E-state index in [0.29, 0.717) is 12.1 Å². The fraction of sp³-hybridized carbons (Fsp3) is 0.538. The summed E-state index contributed by atoms with van der Waals surface area (Å²) in [6.45, 7) is 3.61. The molecular formula is C13H18N4OS. The van der Waals surface area contributed by atoms with E-state index in [4.69, 9.17) is 4.42 Å². The lowest BCUT2D eigenvalue weighted by Gasteiger charge is -2.13. The van der Waals surface area contributed by atoms with Gasteiger partial charge in [-0.1, -0.05) is 0 Å². The highest BCUT2D eigenvalue weighted by Gasteiger charge is 2.21. The van der Waals surface area contributed by atoms with Crippen molar-refractivity contribution in [2.24, 2.45) is 0 Å². The molecule has 0 amide bonds. The Labute approximate surface area is 116 Å². The first kappa shape index (κ1) is 12.6. The summed E-state index contributed by atoms with van der Waals surface area (Å²) in [7, 11) is 1.99. The Kier molecular flexibility index (Phi) is 3.52. The molecule has 1 aliphatic rings. The minimum Gasteiger partial charge on any atom is -0.432 e. The third kappa shape index (κ3) is 3.13. The summed E-state index contributed by atoms with van der Waals surface area (Å²) in [6, 6.07) is 1.36. The maximum Gasteiger partial charge on any atom is 0.297 e. The van der Waals surface area contributed by atoms with E-state index in [1.807, 2.05) is 24.4 Å². The molecule has 1 aliphatic carbocycles. The number of anilines is 1. The van der Waals surface area contributed by atoms with E-state index < -0.39 is 0 Å². The molecule has 0 spiro atoms. The summed E-state index contributed by atoms with van der Waals surface area (Å²) in [5.74, 6) is 0. The van der Waals surface area contributed by atoms with Gasteiger partial charge in [-0.3, -0.25) is 0 Å². The third-order valence-electron chi connectivity index (χ3n) is 3.24. The predicted molar refractivity (Wildman–Crippen MR) is 75.3 cm³/mol. The lowest BCUT2D eigenvalue weighted by atomic mass is 10.4. The normalized spacial score (nSPS) is 14.8. The highest BCUT2D eigenvalue weighted by Crippen LogP contribution is 2.21. The summed E-state index contributed by atoms with van der Waals surface area (Å²) in [4.78, 5) is 12.0. The van der Waals surface area contributed by atoms with E-state index in [1.165, 1.54) is 17.7 Å². The second-order valence-corrected chi connectivity index (χ2v) is 5.93. The highest BCUT2D eigenvalue weighted by molar-refractivity contribution is 7.09. The van der Waals surface area contributed by atoms with Gasteiger partial charge in [0.1, 0.15) is 6.26 Å². The highest BCUT2D eigenvalue weighted by atomic mass is 32.1. The zero-order valence-electron chi connectivity index (χ0n) is 11.2. The van der Waals surface area contributed by atoms with Gasteiger partial charge in [0.25, 0.3) is 6.01 Å². The van der Waals surface area contributed by atoms with Gasteiger partial charge < -0.3 is 14.6 Å².